The summed E-state index contributed by atoms with van der Waals surface area (Å²) in [6.45, 7) is 1.99. The molecule has 1 aromatic rings. The van der Waals surface area contributed by atoms with E-state index in [-0.39, 0.29) is 30.8 Å². The number of halogens is 1. The zero-order valence-corrected chi connectivity index (χ0v) is 16.5. The van der Waals surface area contributed by atoms with Crippen LogP contribution in [0.15, 0.2) is 18.2 Å². The van der Waals surface area contributed by atoms with E-state index >= 15 is 0 Å². The van der Waals surface area contributed by atoms with Crippen molar-refractivity contribution in [3.63, 3.8) is 0 Å². The van der Waals surface area contributed by atoms with Crippen LogP contribution in [0.5, 0.6) is 0 Å². The highest BCUT2D eigenvalue weighted by Gasteiger charge is 2.52. The fourth-order valence-electron chi connectivity index (χ4n) is 4.65. The van der Waals surface area contributed by atoms with E-state index in [1.165, 1.54) is 17.0 Å². The highest BCUT2D eigenvalue weighted by atomic mass is 19.1. The molecule has 1 spiro atoms. The number of benzene rings is 1. The summed E-state index contributed by atoms with van der Waals surface area (Å²) in [4.78, 5) is 40.6. The maximum atomic E-state index is 13.7. The smallest absolute Gasteiger partial charge is 0.325 e. The number of imide groups is 1. The van der Waals surface area contributed by atoms with Crippen molar-refractivity contribution in [1.29, 1.82) is 0 Å². The molecule has 156 valence electrons. The van der Waals surface area contributed by atoms with E-state index in [9.17, 15) is 18.8 Å². The van der Waals surface area contributed by atoms with Gasteiger partial charge in [-0.05, 0) is 50.3 Å². The average molecular weight is 402 g/mol. The second-order valence-electron chi connectivity index (χ2n) is 8.18. The summed E-state index contributed by atoms with van der Waals surface area (Å²) >= 11 is 0. The number of carbonyl (C=O) groups is 3. The molecular formula is C21H27FN4O3. The van der Waals surface area contributed by atoms with Crippen LogP contribution >= 0.6 is 0 Å². The van der Waals surface area contributed by atoms with Crippen molar-refractivity contribution in [2.45, 2.75) is 56.9 Å². The van der Waals surface area contributed by atoms with Gasteiger partial charge in [-0.15, -0.1) is 0 Å². The molecule has 0 unspecified atom stereocenters. The monoisotopic (exact) mass is 402 g/mol. The number of rotatable bonds is 6. The van der Waals surface area contributed by atoms with Gasteiger partial charge in [0.2, 0.25) is 5.91 Å². The third kappa shape index (κ3) is 3.93. The Labute approximate surface area is 169 Å². The number of amides is 4. The van der Waals surface area contributed by atoms with Crippen molar-refractivity contribution >= 4 is 29.2 Å². The fourth-order valence-corrected chi connectivity index (χ4v) is 4.65. The minimum atomic E-state index is -0.717. The van der Waals surface area contributed by atoms with Gasteiger partial charge in [0.15, 0.2) is 0 Å². The summed E-state index contributed by atoms with van der Waals surface area (Å²) in [6.07, 6.45) is 5.94. The van der Waals surface area contributed by atoms with Gasteiger partial charge in [-0.3, -0.25) is 14.5 Å². The number of nitrogens with zero attached hydrogens (tertiary/aromatic N) is 2. The van der Waals surface area contributed by atoms with E-state index in [4.69, 9.17) is 0 Å². The third-order valence-electron chi connectivity index (χ3n) is 6.17. The van der Waals surface area contributed by atoms with Crippen molar-refractivity contribution in [1.82, 2.24) is 10.2 Å². The molecule has 4 rings (SSSR count). The second-order valence-corrected chi connectivity index (χ2v) is 8.18. The standard InChI is InChI=1S/C21H27FN4O3/c22-15-7-8-17(25-11-3-4-12-25)16(14-15)23-18(27)6-5-13-26-19(28)21(24-20(26)29)9-1-2-10-21/h7-8,14H,1-6,9-13H2,(H,23,27)(H,24,29). The van der Waals surface area contributed by atoms with E-state index in [1.807, 2.05) is 0 Å². The van der Waals surface area contributed by atoms with Crippen molar-refractivity contribution < 1.29 is 18.8 Å². The number of anilines is 2. The molecule has 4 amide bonds. The van der Waals surface area contributed by atoms with Crippen LogP contribution in [0.25, 0.3) is 0 Å². The number of carbonyl (C=O) groups excluding carboxylic acids is 3. The highest BCUT2D eigenvalue weighted by Crippen LogP contribution is 2.35. The van der Waals surface area contributed by atoms with E-state index in [2.05, 4.69) is 15.5 Å². The Kier molecular flexibility index (Phi) is 5.43. The van der Waals surface area contributed by atoms with Crippen LogP contribution < -0.4 is 15.5 Å². The lowest BCUT2D eigenvalue weighted by Crippen LogP contribution is -2.44. The second kappa shape index (κ2) is 8.00. The summed E-state index contributed by atoms with van der Waals surface area (Å²) in [7, 11) is 0. The molecule has 2 heterocycles. The molecule has 0 radical (unpaired) electrons. The maximum Gasteiger partial charge on any atom is 0.325 e. The molecule has 1 saturated carbocycles. The van der Waals surface area contributed by atoms with E-state index in [0.29, 0.717) is 24.9 Å². The Balaban J connectivity index is 1.32. The first-order chi connectivity index (χ1) is 14.0. The van der Waals surface area contributed by atoms with Gasteiger partial charge in [-0.25, -0.2) is 9.18 Å². The Hall–Kier alpha value is -2.64. The fraction of sp³-hybridized carbons (Fsp3) is 0.571. The number of nitrogens with one attached hydrogen (secondary N) is 2. The Morgan fingerprint density at radius 3 is 2.59 bits per heavy atom. The largest absolute Gasteiger partial charge is 0.370 e. The van der Waals surface area contributed by atoms with Gasteiger partial charge in [0, 0.05) is 26.1 Å². The van der Waals surface area contributed by atoms with Gasteiger partial charge in [0.1, 0.15) is 11.4 Å². The molecule has 0 aromatic heterocycles. The van der Waals surface area contributed by atoms with Crippen LogP contribution in [0.3, 0.4) is 0 Å². The minimum absolute atomic E-state index is 0.153. The van der Waals surface area contributed by atoms with Crippen molar-refractivity contribution in [2.24, 2.45) is 0 Å². The van der Waals surface area contributed by atoms with Crippen LogP contribution in [0.2, 0.25) is 0 Å². The maximum absolute atomic E-state index is 13.7. The molecular weight excluding hydrogens is 375 g/mol. The minimum Gasteiger partial charge on any atom is -0.370 e. The van der Waals surface area contributed by atoms with Gasteiger partial charge < -0.3 is 15.5 Å². The summed E-state index contributed by atoms with van der Waals surface area (Å²) in [5.74, 6) is -0.815. The van der Waals surface area contributed by atoms with E-state index in [1.54, 1.807) is 6.07 Å². The van der Waals surface area contributed by atoms with Crippen molar-refractivity contribution in [3.05, 3.63) is 24.0 Å². The molecule has 7 nitrogen and oxygen atoms in total. The Bertz CT molecular complexity index is 816. The summed E-state index contributed by atoms with van der Waals surface area (Å²) in [6, 6.07) is 4.08. The van der Waals surface area contributed by atoms with Gasteiger partial charge in [-0.1, -0.05) is 12.8 Å². The molecule has 8 heteroatoms. The first kappa shape index (κ1) is 19.7. The zero-order chi connectivity index (χ0) is 20.4. The number of urea groups is 1. The Morgan fingerprint density at radius 2 is 1.86 bits per heavy atom. The normalized spacial score (nSPS) is 20.6. The van der Waals surface area contributed by atoms with Crippen LogP contribution in [0.4, 0.5) is 20.6 Å². The third-order valence-corrected chi connectivity index (χ3v) is 6.17. The zero-order valence-electron chi connectivity index (χ0n) is 16.5. The molecule has 1 aliphatic carbocycles. The number of hydrogen-bond donors (Lipinski definition) is 2. The van der Waals surface area contributed by atoms with Crippen LogP contribution in [-0.2, 0) is 9.59 Å². The molecule has 1 aromatic carbocycles. The SMILES string of the molecule is O=C(CCCN1C(=O)NC2(CCCC2)C1=O)Nc1cc(F)ccc1N1CCCC1. The van der Waals surface area contributed by atoms with Gasteiger partial charge in [-0.2, -0.15) is 0 Å². The van der Waals surface area contributed by atoms with E-state index < -0.39 is 11.4 Å². The molecule has 2 N–H and O–H groups in total. The molecule has 2 aliphatic heterocycles. The van der Waals surface area contributed by atoms with Crippen LogP contribution in [0, 0.1) is 5.82 Å². The molecule has 0 atom stereocenters. The quantitative estimate of drug-likeness (QED) is 0.717. The average Bonchev–Trinajstić information content (AvgIpc) is 3.41. The Morgan fingerprint density at radius 1 is 1.14 bits per heavy atom. The predicted molar refractivity (Wildman–Crippen MR) is 107 cm³/mol. The highest BCUT2D eigenvalue weighted by molar-refractivity contribution is 6.07. The lowest BCUT2D eigenvalue weighted by atomic mass is 9.98. The van der Waals surface area contributed by atoms with Gasteiger partial charge >= 0.3 is 6.03 Å². The van der Waals surface area contributed by atoms with Crippen LogP contribution in [-0.4, -0.2) is 47.9 Å². The van der Waals surface area contributed by atoms with Crippen molar-refractivity contribution in [3.8, 4) is 0 Å². The van der Waals surface area contributed by atoms with Crippen molar-refractivity contribution in [2.75, 3.05) is 29.9 Å². The number of hydrogen-bond acceptors (Lipinski definition) is 4. The molecule has 0 bridgehead atoms. The van der Waals surface area contributed by atoms with Gasteiger partial charge in [0.25, 0.3) is 5.91 Å². The lowest BCUT2D eigenvalue weighted by molar-refractivity contribution is -0.131. The lowest BCUT2D eigenvalue weighted by Gasteiger charge is -2.22. The van der Waals surface area contributed by atoms with Gasteiger partial charge in [0.05, 0.1) is 11.4 Å². The molecule has 2 saturated heterocycles. The predicted octanol–water partition coefficient (Wildman–Crippen LogP) is 3.01. The molecule has 29 heavy (non-hydrogen) atoms. The summed E-state index contributed by atoms with van der Waals surface area (Å²) in [5, 5.41) is 5.64. The first-order valence-corrected chi connectivity index (χ1v) is 10.5. The van der Waals surface area contributed by atoms with Crippen LogP contribution in [0.1, 0.15) is 51.4 Å². The first-order valence-electron chi connectivity index (χ1n) is 10.5. The molecule has 3 fully saturated rings. The summed E-state index contributed by atoms with van der Waals surface area (Å²) < 4.78 is 13.7. The molecule has 3 aliphatic rings. The topological polar surface area (TPSA) is 81.8 Å². The van der Waals surface area contributed by atoms with E-state index in [0.717, 1.165) is 44.5 Å². The summed E-state index contributed by atoms with van der Waals surface area (Å²) in [5.41, 5.74) is 0.581.